The fourth-order valence-corrected chi connectivity index (χ4v) is 1.80. The van der Waals surface area contributed by atoms with Crippen LogP contribution in [0.5, 0.6) is 0 Å². The summed E-state index contributed by atoms with van der Waals surface area (Å²) in [5.74, 6) is -0.230. The number of nitrogens with zero attached hydrogens (tertiary/aromatic N) is 3. The van der Waals surface area contributed by atoms with Gasteiger partial charge in [-0.15, -0.1) is 0 Å². The molecule has 0 aliphatic heterocycles. The van der Waals surface area contributed by atoms with Crippen LogP contribution < -0.4 is 4.90 Å². The van der Waals surface area contributed by atoms with E-state index in [1.54, 1.807) is 43.4 Å². The van der Waals surface area contributed by atoms with Crippen LogP contribution in [0.15, 0.2) is 42.5 Å². The Kier molecular flexibility index (Phi) is 3.58. The Balaban J connectivity index is 2.37. The highest BCUT2D eigenvalue weighted by Gasteiger charge is 2.17. The van der Waals surface area contributed by atoms with Gasteiger partial charge in [0.25, 0.3) is 5.91 Å². The van der Waals surface area contributed by atoms with Crippen LogP contribution in [0.4, 0.5) is 5.69 Å². The Morgan fingerprint density at radius 1 is 1.21 bits per heavy atom. The van der Waals surface area contributed by atoms with E-state index in [-0.39, 0.29) is 5.91 Å². The molecule has 0 bridgehead atoms. The number of carbonyl (C=O) groups is 1. The lowest BCUT2D eigenvalue weighted by Crippen LogP contribution is -2.27. The number of aryl methyl sites for hydroxylation is 1. The van der Waals surface area contributed by atoms with E-state index in [4.69, 9.17) is 5.26 Å². The van der Waals surface area contributed by atoms with Gasteiger partial charge in [-0.2, -0.15) is 5.26 Å². The third-order valence-electron chi connectivity index (χ3n) is 2.80. The molecular formula is C15H13N3O. The summed E-state index contributed by atoms with van der Waals surface area (Å²) in [6.07, 6.45) is 0. The van der Waals surface area contributed by atoms with Crippen molar-refractivity contribution in [2.24, 2.45) is 0 Å². The Labute approximate surface area is 111 Å². The molecule has 94 valence electrons. The van der Waals surface area contributed by atoms with E-state index < -0.39 is 0 Å². The molecule has 4 heteroatoms. The SMILES string of the molecule is Cc1cccc(C(=O)N(C)c2ccccc2C#N)n1. The molecule has 0 saturated heterocycles. The first-order chi connectivity index (χ1) is 9.13. The lowest BCUT2D eigenvalue weighted by molar-refractivity contribution is 0.0988. The van der Waals surface area contributed by atoms with Gasteiger partial charge in [0.2, 0.25) is 0 Å². The molecule has 0 unspecified atom stereocenters. The first-order valence-electron chi connectivity index (χ1n) is 5.84. The van der Waals surface area contributed by atoms with Crippen LogP contribution in [0.2, 0.25) is 0 Å². The molecule has 19 heavy (non-hydrogen) atoms. The number of amides is 1. The second-order valence-electron chi connectivity index (χ2n) is 4.16. The number of aromatic nitrogens is 1. The third-order valence-corrected chi connectivity index (χ3v) is 2.80. The maximum atomic E-state index is 12.3. The predicted molar refractivity (Wildman–Crippen MR) is 72.9 cm³/mol. The van der Waals surface area contributed by atoms with E-state index in [1.807, 2.05) is 13.0 Å². The maximum absolute atomic E-state index is 12.3. The number of benzene rings is 1. The Morgan fingerprint density at radius 3 is 2.63 bits per heavy atom. The number of para-hydroxylation sites is 1. The first kappa shape index (κ1) is 12.8. The van der Waals surface area contributed by atoms with E-state index in [2.05, 4.69) is 11.1 Å². The second kappa shape index (κ2) is 5.32. The van der Waals surface area contributed by atoms with Crippen LogP contribution in [0.25, 0.3) is 0 Å². The summed E-state index contributed by atoms with van der Waals surface area (Å²) in [5, 5.41) is 9.06. The molecule has 0 aliphatic carbocycles. The molecule has 0 atom stereocenters. The molecule has 4 nitrogen and oxygen atoms in total. The van der Waals surface area contributed by atoms with Crippen molar-refractivity contribution in [1.82, 2.24) is 4.98 Å². The molecule has 2 aromatic rings. The highest BCUT2D eigenvalue weighted by atomic mass is 16.2. The lowest BCUT2D eigenvalue weighted by atomic mass is 10.1. The summed E-state index contributed by atoms with van der Waals surface area (Å²) in [4.78, 5) is 18.0. The normalized spacial score (nSPS) is 9.74. The Hall–Kier alpha value is -2.67. The summed E-state index contributed by atoms with van der Waals surface area (Å²) in [6.45, 7) is 1.83. The maximum Gasteiger partial charge on any atom is 0.276 e. The van der Waals surface area contributed by atoms with Gasteiger partial charge >= 0.3 is 0 Å². The van der Waals surface area contributed by atoms with Gasteiger partial charge in [-0.05, 0) is 31.2 Å². The number of hydrogen-bond donors (Lipinski definition) is 0. The van der Waals surface area contributed by atoms with Crippen molar-refractivity contribution in [2.45, 2.75) is 6.92 Å². The van der Waals surface area contributed by atoms with Crippen LogP contribution in [-0.4, -0.2) is 17.9 Å². The topological polar surface area (TPSA) is 57.0 Å². The zero-order valence-electron chi connectivity index (χ0n) is 10.8. The molecule has 1 aromatic carbocycles. The lowest BCUT2D eigenvalue weighted by Gasteiger charge is -2.18. The fourth-order valence-electron chi connectivity index (χ4n) is 1.80. The molecule has 1 amide bonds. The van der Waals surface area contributed by atoms with Gasteiger partial charge in [-0.1, -0.05) is 18.2 Å². The first-order valence-corrected chi connectivity index (χ1v) is 5.84. The predicted octanol–water partition coefficient (Wildman–Crippen LogP) is 2.54. The van der Waals surface area contributed by atoms with Crippen LogP contribution >= 0.6 is 0 Å². The summed E-state index contributed by atoms with van der Waals surface area (Å²) < 4.78 is 0. The quantitative estimate of drug-likeness (QED) is 0.824. The average Bonchev–Trinajstić information content (AvgIpc) is 2.45. The highest BCUT2D eigenvalue weighted by Crippen LogP contribution is 2.19. The van der Waals surface area contributed by atoms with E-state index in [0.717, 1.165) is 5.69 Å². The van der Waals surface area contributed by atoms with Gasteiger partial charge in [0.1, 0.15) is 11.8 Å². The molecule has 0 N–H and O–H groups in total. The fraction of sp³-hybridized carbons (Fsp3) is 0.133. The minimum absolute atomic E-state index is 0.230. The van der Waals surface area contributed by atoms with Gasteiger partial charge in [0, 0.05) is 12.7 Å². The van der Waals surface area contributed by atoms with Crippen molar-refractivity contribution < 1.29 is 4.79 Å². The van der Waals surface area contributed by atoms with Gasteiger partial charge in [0.15, 0.2) is 0 Å². The number of hydrogen-bond acceptors (Lipinski definition) is 3. The summed E-state index contributed by atoms with van der Waals surface area (Å²) in [6, 6.07) is 14.4. The van der Waals surface area contributed by atoms with E-state index in [1.165, 1.54) is 4.90 Å². The van der Waals surface area contributed by atoms with Crippen LogP contribution in [0, 0.1) is 18.3 Å². The van der Waals surface area contributed by atoms with Gasteiger partial charge in [0.05, 0.1) is 11.3 Å². The molecule has 1 aromatic heterocycles. The van der Waals surface area contributed by atoms with Crippen molar-refractivity contribution in [3.05, 3.63) is 59.4 Å². The minimum Gasteiger partial charge on any atom is -0.309 e. The van der Waals surface area contributed by atoms with Crippen LogP contribution in [0.3, 0.4) is 0 Å². The van der Waals surface area contributed by atoms with Gasteiger partial charge in [-0.3, -0.25) is 4.79 Å². The van der Waals surface area contributed by atoms with Crippen molar-refractivity contribution >= 4 is 11.6 Å². The average molecular weight is 251 g/mol. The number of carbonyl (C=O) groups excluding carboxylic acids is 1. The summed E-state index contributed by atoms with van der Waals surface area (Å²) in [5.41, 5.74) is 2.20. The van der Waals surface area contributed by atoms with E-state index in [9.17, 15) is 4.79 Å². The van der Waals surface area contributed by atoms with Crippen molar-refractivity contribution in [3.63, 3.8) is 0 Å². The largest absolute Gasteiger partial charge is 0.309 e. The second-order valence-corrected chi connectivity index (χ2v) is 4.16. The number of anilines is 1. The zero-order valence-corrected chi connectivity index (χ0v) is 10.8. The van der Waals surface area contributed by atoms with Gasteiger partial charge < -0.3 is 4.90 Å². The number of pyridine rings is 1. The molecular weight excluding hydrogens is 238 g/mol. The summed E-state index contributed by atoms with van der Waals surface area (Å²) in [7, 11) is 1.64. The third kappa shape index (κ3) is 2.61. The van der Waals surface area contributed by atoms with Crippen LogP contribution in [-0.2, 0) is 0 Å². The van der Waals surface area contributed by atoms with Gasteiger partial charge in [-0.25, -0.2) is 4.98 Å². The zero-order chi connectivity index (χ0) is 13.8. The summed E-state index contributed by atoms with van der Waals surface area (Å²) >= 11 is 0. The minimum atomic E-state index is -0.230. The Morgan fingerprint density at radius 2 is 1.95 bits per heavy atom. The van der Waals surface area contributed by atoms with Crippen LogP contribution in [0.1, 0.15) is 21.7 Å². The van der Waals surface area contributed by atoms with E-state index in [0.29, 0.717) is 16.9 Å². The smallest absolute Gasteiger partial charge is 0.276 e. The van der Waals surface area contributed by atoms with Crippen molar-refractivity contribution in [1.29, 1.82) is 5.26 Å². The molecule has 0 radical (unpaired) electrons. The molecule has 0 aliphatic rings. The number of rotatable bonds is 2. The van der Waals surface area contributed by atoms with E-state index >= 15 is 0 Å². The molecule has 1 heterocycles. The number of nitriles is 1. The standard InChI is InChI=1S/C15H13N3O/c1-11-6-5-8-13(17-11)15(19)18(2)14-9-4-3-7-12(14)10-16/h3-9H,1-2H3. The molecule has 2 rings (SSSR count). The molecule has 0 saturated carbocycles. The highest BCUT2D eigenvalue weighted by molar-refractivity contribution is 6.05. The molecule has 0 fully saturated rings. The van der Waals surface area contributed by atoms with Crippen molar-refractivity contribution in [3.8, 4) is 6.07 Å². The molecule has 0 spiro atoms. The monoisotopic (exact) mass is 251 g/mol. The Bertz CT molecular complexity index is 658. The van der Waals surface area contributed by atoms with Crippen molar-refractivity contribution in [2.75, 3.05) is 11.9 Å².